The van der Waals surface area contributed by atoms with Crippen LogP contribution < -0.4 is 11.1 Å². The molecule has 3 aromatic carbocycles. The second-order valence-corrected chi connectivity index (χ2v) is 6.56. The van der Waals surface area contributed by atoms with E-state index < -0.39 is 5.91 Å². The number of anilines is 2. The molecule has 0 heterocycles. The molecule has 0 unspecified atom stereocenters. The van der Waals surface area contributed by atoms with Crippen molar-refractivity contribution in [3.8, 4) is 0 Å². The molecule has 0 fully saturated rings. The van der Waals surface area contributed by atoms with Gasteiger partial charge in [0.1, 0.15) is 0 Å². The minimum absolute atomic E-state index is 0.163. The molecule has 0 saturated carbocycles. The number of rotatable bonds is 2. The van der Waals surface area contributed by atoms with Crippen LogP contribution in [0.4, 0.5) is 11.4 Å². The van der Waals surface area contributed by atoms with Crippen molar-refractivity contribution in [3.05, 3.63) is 93.5 Å². The first-order valence-corrected chi connectivity index (χ1v) is 8.53. The molecule has 1 amide bonds. The molecule has 132 valence electrons. The average Bonchev–Trinajstić information content (AvgIpc) is 2.66. The molecule has 27 heavy (non-hydrogen) atoms. The van der Waals surface area contributed by atoms with Crippen LogP contribution >= 0.6 is 11.6 Å². The number of hydrogen-bond donors (Lipinski definition) is 2. The number of nitrogen functional groups attached to an aromatic ring is 1. The fraction of sp³-hybridized carbons (Fsp3) is 0. The number of nitrogens with two attached hydrogens (primary N) is 1. The SMILES string of the molecule is Nc1cccc2c1C(=O)c1cccc(NC(=O)c3cccc(Cl)c3)c1C2=O. The maximum atomic E-state index is 13.0. The topological polar surface area (TPSA) is 89.3 Å². The van der Waals surface area contributed by atoms with Gasteiger partial charge in [0.15, 0.2) is 11.6 Å². The van der Waals surface area contributed by atoms with Gasteiger partial charge in [0, 0.05) is 27.4 Å². The second-order valence-electron chi connectivity index (χ2n) is 6.12. The lowest BCUT2D eigenvalue weighted by Crippen LogP contribution is -2.25. The zero-order valence-corrected chi connectivity index (χ0v) is 14.7. The van der Waals surface area contributed by atoms with Crippen LogP contribution in [0.3, 0.4) is 0 Å². The minimum atomic E-state index is -0.426. The number of amides is 1. The Kier molecular flexibility index (Phi) is 4.01. The van der Waals surface area contributed by atoms with E-state index in [-0.39, 0.29) is 45.2 Å². The van der Waals surface area contributed by atoms with Gasteiger partial charge in [-0.05, 0) is 30.3 Å². The summed E-state index contributed by atoms with van der Waals surface area (Å²) < 4.78 is 0. The largest absolute Gasteiger partial charge is 0.398 e. The van der Waals surface area contributed by atoms with E-state index in [9.17, 15) is 14.4 Å². The summed E-state index contributed by atoms with van der Waals surface area (Å²) in [7, 11) is 0. The molecule has 3 N–H and O–H groups in total. The third-order valence-electron chi connectivity index (χ3n) is 4.44. The van der Waals surface area contributed by atoms with Crippen LogP contribution in [0.25, 0.3) is 0 Å². The van der Waals surface area contributed by atoms with E-state index >= 15 is 0 Å². The van der Waals surface area contributed by atoms with Crippen LogP contribution in [0, 0.1) is 0 Å². The Labute approximate surface area is 159 Å². The number of carbonyl (C=O) groups is 3. The Hall–Kier alpha value is -3.44. The van der Waals surface area contributed by atoms with Crippen LogP contribution in [0.15, 0.2) is 60.7 Å². The van der Waals surface area contributed by atoms with Crippen molar-refractivity contribution < 1.29 is 14.4 Å². The third kappa shape index (κ3) is 2.78. The van der Waals surface area contributed by atoms with Crippen molar-refractivity contribution in [1.29, 1.82) is 0 Å². The normalized spacial score (nSPS) is 12.3. The van der Waals surface area contributed by atoms with E-state index in [4.69, 9.17) is 17.3 Å². The fourth-order valence-corrected chi connectivity index (χ4v) is 3.39. The average molecular weight is 377 g/mol. The zero-order valence-electron chi connectivity index (χ0n) is 14.0. The number of carbonyl (C=O) groups excluding carboxylic acids is 3. The van der Waals surface area contributed by atoms with Crippen molar-refractivity contribution in [2.75, 3.05) is 11.1 Å². The molecular formula is C21H13ClN2O3. The maximum absolute atomic E-state index is 13.0. The van der Waals surface area contributed by atoms with Gasteiger partial charge < -0.3 is 11.1 Å². The molecular weight excluding hydrogens is 364 g/mol. The Morgan fingerprint density at radius 3 is 2.22 bits per heavy atom. The van der Waals surface area contributed by atoms with Gasteiger partial charge in [0.05, 0.1) is 16.8 Å². The van der Waals surface area contributed by atoms with Crippen LogP contribution in [0.2, 0.25) is 5.02 Å². The summed E-state index contributed by atoms with van der Waals surface area (Å²) in [6, 6.07) is 16.0. The Morgan fingerprint density at radius 2 is 1.48 bits per heavy atom. The monoisotopic (exact) mass is 376 g/mol. The lowest BCUT2D eigenvalue weighted by molar-refractivity contribution is 0.0979. The molecule has 4 rings (SSSR count). The first-order chi connectivity index (χ1) is 13.0. The van der Waals surface area contributed by atoms with Gasteiger partial charge in [0.2, 0.25) is 0 Å². The van der Waals surface area contributed by atoms with Gasteiger partial charge in [-0.3, -0.25) is 14.4 Å². The van der Waals surface area contributed by atoms with Crippen molar-refractivity contribution in [1.82, 2.24) is 0 Å². The molecule has 3 aromatic rings. The van der Waals surface area contributed by atoms with Gasteiger partial charge in [-0.2, -0.15) is 0 Å². The van der Waals surface area contributed by atoms with E-state index in [0.29, 0.717) is 10.6 Å². The number of fused-ring (bicyclic) bond motifs is 2. The summed E-state index contributed by atoms with van der Waals surface area (Å²) >= 11 is 5.93. The van der Waals surface area contributed by atoms with Crippen molar-refractivity contribution in [3.63, 3.8) is 0 Å². The standard InChI is InChI=1S/C21H13ClN2O3/c22-12-5-1-4-11(10-12)21(27)24-16-9-3-7-14-18(16)20(26)13-6-2-8-15(23)17(13)19(14)25/h1-10H,23H2,(H,24,27). The number of hydrogen-bond acceptors (Lipinski definition) is 4. The van der Waals surface area contributed by atoms with Gasteiger partial charge >= 0.3 is 0 Å². The Morgan fingerprint density at radius 1 is 0.852 bits per heavy atom. The number of halogens is 1. The summed E-state index contributed by atoms with van der Waals surface area (Å²) in [5.74, 6) is -1.12. The highest BCUT2D eigenvalue weighted by molar-refractivity contribution is 6.32. The van der Waals surface area contributed by atoms with Crippen molar-refractivity contribution in [2.45, 2.75) is 0 Å². The van der Waals surface area contributed by atoms with Crippen LogP contribution in [0.1, 0.15) is 42.2 Å². The molecule has 1 aliphatic rings. The van der Waals surface area contributed by atoms with Crippen molar-refractivity contribution in [2.24, 2.45) is 0 Å². The van der Waals surface area contributed by atoms with E-state index in [1.54, 1.807) is 54.6 Å². The van der Waals surface area contributed by atoms with Crippen LogP contribution in [-0.2, 0) is 0 Å². The van der Waals surface area contributed by atoms with Crippen LogP contribution in [0.5, 0.6) is 0 Å². The summed E-state index contributed by atoms with van der Waals surface area (Å²) in [6.45, 7) is 0. The molecule has 0 aromatic heterocycles. The highest BCUT2D eigenvalue weighted by atomic mass is 35.5. The summed E-state index contributed by atoms with van der Waals surface area (Å²) in [5.41, 5.74) is 7.59. The first kappa shape index (κ1) is 17.0. The molecule has 0 spiro atoms. The highest BCUT2D eigenvalue weighted by Crippen LogP contribution is 2.34. The lowest BCUT2D eigenvalue weighted by Gasteiger charge is -2.21. The summed E-state index contributed by atoms with van der Waals surface area (Å²) in [4.78, 5) is 38.4. The van der Waals surface area contributed by atoms with E-state index in [1.807, 2.05) is 0 Å². The molecule has 0 radical (unpaired) electrons. The van der Waals surface area contributed by atoms with Gasteiger partial charge in [-0.15, -0.1) is 0 Å². The molecule has 0 saturated heterocycles. The van der Waals surface area contributed by atoms with Gasteiger partial charge in [-0.1, -0.05) is 41.9 Å². The summed E-state index contributed by atoms with van der Waals surface area (Å²) in [5, 5.41) is 3.13. The first-order valence-electron chi connectivity index (χ1n) is 8.15. The second kappa shape index (κ2) is 6.37. The summed E-state index contributed by atoms with van der Waals surface area (Å²) in [6.07, 6.45) is 0. The van der Waals surface area contributed by atoms with E-state index in [0.717, 1.165) is 0 Å². The molecule has 0 atom stereocenters. The van der Waals surface area contributed by atoms with Gasteiger partial charge in [0.25, 0.3) is 5.91 Å². The number of nitrogens with one attached hydrogen (secondary N) is 1. The maximum Gasteiger partial charge on any atom is 0.255 e. The van der Waals surface area contributed by atoms with Crippen molar-refractivity contribution >= 4 is 40.4 Å². The lowest BCUT2D eigenvalue weighted by atomic mass is 9.82. The predicted octanol–water partition coefficient (Wildman–Crippen LogP) is 3.95. The Balaban J connectivity index is 1.79. The zero-order chi connectivity index (χ0) is 19.1. The molecule has 0 bridgehead atoms. The molecule has 1 aliphatic carbocycles. The number of benzene rings is 3. The highest BCUT2D eigenvalue weighted by Gasteiger charge is 2.33. The third-order valence-corrected chi connectivity index (χ3v) is 4.67. The fourth-order valence-electron chi connectivity index (χ4n) is 3.20. The Bertz CT molecular complexity index is 1140. The molecule has 0 aliphatic heterocycles. The number of ketones is 2. The quantitative estimate of drug-likeness (QED) is 0.518. The molecule has 5 nitrogen and oxygen atoms in total. The minimum Gasteiger partial charge on any atom is -0.398 e. The van der Waals surface area contributed by atoms with E-state index in [2.05, 4.69) is 5.32 Å². The van der Waals surface area contributed by atoms with E-state index in [1.165, 1.54) is 6.07 Å². The van der Waals surface area contributed by atoms with Gasteiger partial charge in [-0.25, -0.2) is 0 Å². The smallest absolute Gasteiger partial charge is 0.255 e. The molecule has 6 heteroatoms. The predicted molar refractivity (Wildman–Crippen MR) is 104 cm³/mol. The van der Waals surface area contributed by atoms with Crippen LogP contribution in [-0.4, -0.2) is 17.5 Å².